The van der Waals surface area contributed by atoms with Crippen LogP contribution in [0, 0.1) is 0 Å². The van der Waals surface area contributed by atoms with E-state index in [4.69, 9.17) is 51.8 Å². The second kappa shape index (κ2) is 23.3. The van der Waals surface area contributed by atoms with Crippen LogP contribution < -0.4 is 0 Å². The quantitative estimate of drug-likeness (QED) is 0.0579. The van der Waals surface area contributed by atoms with E-state index in [1.807, 2.05) is 152 Å². The average molecular weight is 947 g/mol. The second-order valence-corrected chi connectivity index (χ2v) is 23.9. The number of carbonyl (C=O) groups is 1. The Balaban J connectivity index is 1.18. The highest BCUT2D eigenvalue weighted by Crippen LogP contribution is 2.44. The molecule has 0 bridgehead atoms. The summed E-state index contributed by atoms with van der Waals surface area (Å²) in [6.45, 7) is 13.5. The largest absolute Gasteiger partial charge is 0.454 e. The van der Waals surface area contributed by atoms with Gasteiger partial charge in [0.25, 0.3) is 0 Å². The molecule has 0 aromatic heterocycles. The van der Waals surface area contributed by atoms with E-state index in [1.165, 1.54) is 6.92 Å². The molecule has 0 saturated carbocycles. The Morgan fingerprint density at radius 3 is 1.60 bits per heavy atom. The minimum atomic E-state index is -2.60. The molecule has 3 fully saturated rings. The summed E-state index contributed by atoms with van der Waals surface area (Å²) in [6.07, 6.45) is -9.60. The van der Waals surface area contributed by atoms with Crippen LogP contribution in [0.4, 0.5) is 0 Å². The number of benzene rings is 5. The lowest BCUT2D eigenvalue weighted by molar-refractivity contribution is -0.394. The molecule has 362 valence electrons. The highest BCUT2D eigenvalue weighted by Gasteiger charge is 2.58. The number of rotatable bonds is 19. The fourth-order valence-electron chi connectivity index (χ4n) is 8.39. The Hall–Kier alpha value is -4.61. The Morgan fingerprint density at radius 2 is 1.07 bits per heavy atom. The molecule has 68 heavy (non-hydrogen) atoms. The van der Waals surface area contributed by atoms with Crippen LogP contribution in [0.1, 0.15) is 61.8 Å². The first kappa shape index (κ1) is 49.8. The lowest BCUT2D eigenvalue weighted by Crippen LogP contribution is -2.68. The highest BCUT2D eigenvalue weighted by molar-refractivity contribution is 6.74. The molecule has 5 aromatic rings. The van der Waals surface area contributed by atoms with E-state index in [2.05, 4.69) is 33.9 Å². The highest BCUT2D eigenvalue weighted by atomic mass is 28.4. The van der Waals surface area contributed by atoms with Crippen LogP contribution in [0.5, 0.6) is 0 Å². The smallest absolute Gasteiger partial charge is 0.303 e. The van der Waals surface area contributed by atoms with Gasteiger partial charge in [0.2, 0.25) is 0 Å². The SMILES string of the molecule is CC(=O)O[C@@H]1[C@@H](O[C@@H]2[C@@H](OCc3ccccc3)O[C@H](COCc3ccccc3)[C@@H](OCc3ccccc3)[C@@H]2OCc2ccccc2)O[C@@H]2CO[C@@H](c3ccccc3)O[C@H]2[C@@H]1O[Si](C)(C)C(C)(C)C. The van der Waals surface area contributed by atoms with Crippen molar-refractivity contribution in [2.75, 3.05) is 13.2 Å². The number of fused-ring (bicyclic) bond motifs is 1. The summed E-state index contributed by atoms with van der Waals surface area (Å²) in [6, 6.07) is 49.5. The van der Waals surface area contributed by atoms with Crippen molar-refractivity contribution in [3.8, 4) is 0 Å². The van der Waals surface area contributed by atoms with E-state index >= 15 is 0 Å². The summed E-state index contributed by atoms with van der Waals surface area (Å²) < 4.78 is 75.1. The van der Waals surface area contributed by atoms with E-state index in [0.717, 1.165) is 27.8 Å². The summed E-state index contributed by atoms with van der Waals surface area (Å²) in [5, 5.41) is -0.215. The number of hydrogen-bond acceptors (Lipinski definition) is 12. The Labute approximate surface area is 402 Å². The number of ether oxygens (including phenoxy) is 10. The number of esters is 1. The summed E-state index contributed by atoms with van der Waals surface area (Å²) in [4.78, 5) is 13.3. The van der Waals surface area contributed by atoms with Crippen LogP contribution in [0.2, 0.25) is 18.1 Å². The van der Waals surface area contributed by atoms with E-state index < -0.39 is 82.0 Å². The molecular weight excluding hydrogens is 881 g/mol. The van der Waals surface area contributed by atoms with Gasteiger partial charge in [-0.15, -0.1) is 0 Å². The Kier molecular flexibility index (Phi) is 17.1. The standard InChI is InChI=1S/C55H66O12Si/c1-38(56)62-51-49(67-68(5,6)55(2,3)4)47-45(37-61-52(65-47)43-30-20-11-21-31-43)64-54(51)66-50-48(59-34-41-26-16-9-17-27-41)46(58-33-40-24-14-8-15-25-40)44(36-57-32-39-22-12-7-13-23-39)63-53(50)60-35-42-28-18-10-19-29-42/h7-31,44-54H,32-37H2,1-6H3/t44-,45-,46-,47-,48+,49+,50+,51+,52-,53+,54-/m1/s1. The molecule has 11 atom stereocenters. The zero-order valence-corrected chi connectivity index (χ0v) is 40.9. The number of hydrogen-bond donors (Lipinski definition) is 0. The lowest BCUT2D eigenvalue weighted by atomic mass is 9.96. The third kappa shape index (κ3) is 13.0. The maximum atomic E-state index is 13.3. The first-order valence-corrected chi connectivity index (χ1v) is 26.5. The van der Waals surface area contributed by atoms with Crippen molar-refractivity contribution >= 4 is 14.3 Å². The molecule has 0 unspecified atom stereocenters. The molecule has 5 aromatic carbocycles. The van der Waals surface area contributed by atoms with Crippen molar-refractivity contribution in [2.24, 2.45) is 0 Å². The maximum absolute atomic E-state index is 13.3. The van der Waals surface area contributed by atoms with Crippen LogP contribution >= 0.6 is 0 Å². The lowest BCUT2D eigenvalue weighted by Gasteiger charge is -2.53. The zero-order chi connectivity index (χ0) is 47.5. The van der Waals surface area contributed by atoms with Crippen LogP contribution in [0.3, 0.4) is 0 Å². The monoisotopic (exact) mass is 946 g/mol. The van der Waals surface area contributed by atoms with Gasteiger partial charge < -0.3 is 51.8 Å². The molecule has 3 saturated heterocycles. The topological polar surface area (TPSA) is 119 Å². The van der Waals surface area contributed by atoms with Crippen molar-refractivity contribution < 1.29 is 56.6 Å². The van der Waals surface area contributed by atoms with E-state index in [9.17, 15) is 4.79 Å². The second-order valence-electron chi connectivity index (χ2n) is 19.1. The molecule has 3 aliphatic heterocycles. The van der Waals surface area contributed by atoms with Crippen LogP contribution in [0.15, 0.2) is 152 Å². The molecule has 12 nitrogen and oxygen atoms in total. The first-order valence-electron chi connectivity index (χ1n) is 23.6. The van der Waals surface area contributed by atoms with Gasteiger partial charge in [0.1, 0.15) is 42.7 Å². The summed E-state index contributed by atoms with van der Waals surface area (Å²) >= 11 is 0. The molecule has 0 aliphatic carbocycles. The average Bonchev–Trinajstić information content (AvgIpc) is 3.34. The van der Waals surface area contributed by atoms with E-state index in [-0.39, 0.29) is 38.1 Å². The molecule has 3 aliphatic rings. The minimum absolute atomic E-state index is 0.150. The molecular formula is C55H66O12Si. The van der Waals surface area contributed by atoms with Gasteiger partial charge in [-0.1, -0.05) is 172 Å². The normalized spacial score (nSPS) is 27.5. The number of carbonyl (C=O) groups excluding carboxylic acids is 1. The molecule has 0 radical (unpaired) electrons. The maximum Gasteiger partial charge on any atom is 0.303 e. The van der Waals surface area contributed by atoms with Gasteiger partial charge in [-0.2, -0.15) is 0 Å². The molecule has 0 N–H and O–H groups in total. The van der Waals surface area contributed by atoms with Gasteiger partial charge >= 0.3 is 5.97 Å². The zero-order valence-electron chi connectivity index (χ0n) is 39.9. The third-order valence-corrected chi connectivity index (χ3v) is 17.5. The Morgan fingerprint density at radius 1 is 0.574 bits per heavy atom. The summed E-state index contributed by atoms with van der Waals surface area (Å²) in [5.41, 5.74) is 4.70. The van der Waals surface area contributed by atoms with Crippen molar-refractivity contribution in [3.63, 3.8) is 0 Å². The van der Waals surface area contributed by atoms with Crippen LogP contribution in [-0.4, -0.2) is 88.9 Å². The van der Waals surface area contributed by atoms with Crippen molar-refractivity contribution in [1.82, 2.24) is 0 Å². The van der Waals surface area contributed by atoms with Crippen LogP contribution in [0.25, 0.3) is 0 Å². The van der Waals surface area contributed by atoms with Crippen molar-refractivity contribution in [1.29, 1.82) is 0 Å². The fourth-order valence-corrected chi connectivity index (χ4v) is 9.70. The minimum Gasteiger partial charge on any atom is -0.454 e. The fraction of sp³-hybridized carbons (Fsp3) is 0.436. The summed E-state index contributed by atoms with van der Waals surface area (Å²) in [5.74, 6) is -0.533. The predicted molar refractivity (Wildman–Crippen MR) is 257 cm³/mol. The van der Waals surface area contributed by atoms with Crippen LogP contribution in [-0.2, 0) is 83.0 Å². The summed E-state index contributed by atoms with van der Waals surface area (Å²) in [7, 11) is -2.60. The van der Waals surface area contributed by atoms with Crippen molar-refractivity contribution in [3.05, 3.63) is 179 Å². The van der Waals surface area contributed by atoms with Gasteiger partial charge in [0, 0.05) is 12.5 Å². The third-order valence-electron chi connectivity index (χ3n) is 13.0. The molecule has 0 amide bonds. The van der Waals surface area contributed by atoms with E-state index in [1.54, 1.807) is 0 Å². The molecule has 8 rings (SSSR count). The molecule has 3 heterocycles. The van der Waals surface area contributed by atoms with Gasteiger partial charge in [0.05, 0.1) is 39.6 Å². The van der Waals surface area contributed by atoms with Gasteiger partial charge in [-0.3, -0.25) is 4.79 Å². The molecule has 13 heteroatoms. The van der Waals surface area contributed by atoms with E-state index in [0.29, 0.717) is 6.61 Å². The Bertz CT molecular complexity index is 2270. The van der Waals surface area contributed by atoms with Gasteiger partial charge in [0.15, 0.2) is 33.3 Å². The van der Waals surface area contributed by atoms with Crippen molar-refractivity contribution in [2.45, 2.75) is 140 Å². The molecule has 0 spiro atoms. The van der Waals surface area contributed by atoms with Gasteiger partial charge in [-0.25, -0.2) is 0 Å². The predicted octanol–water partition coefficient (Wildman–Crippen LogP) is 9.86. The first-order chi connectivity index (χ1) is 32.9. The van der Waals surface area contributed by atoms with Gasteiger partial charge in [-0.05, 0) is 40.4 Å².